The largest absolute Gasteiger partial charge is 0.481 e. The van der Waals surface area contributed by atoms with Crippen molar-refractivity contribution in [3.05, 3.63) is 11.6 Å². The molecule has 3 atom stereocenters. The van der Waals surface area contributed by atoms with E-state index in [1.54, 1.807) is 0 Å². The molecule has 0 amide bonds. The molecule has 19 heavy (non-hydrogen) atoms. The minimum atomic E-state index is -1.19. The van der Waals surface area contributed by atoms with E-state index in [1.165, 1.54) is 0 Å². The predicted molar refractivity (Wildman–Crippen MR) is 77.0 cm³/mol. The van der Waals surface area contributed by atoms with E-state index < -0.39 is 17.0 Å². The van der Waals surface area contributed by atoms with Crippen molar-refractivity contribution in [2.24, 2.45) is 11.3 Å². The van der Waals surface area contributed by atoms with Crippen LogP contribution in [0, 0.1) is 11.3 Å². The SMILES string of the molecule is CCCC1CC=C(CC)C(O)(CC)C1(CC)C(=O)O. The number of carbonyl (C=O) groups is 1. The molecule has 110 valence electrons. The first kappa shape index (κ1) is 16.2. The minimum absolute atomic E-state index is 0.0280. The number of aliphatic hydroxyl groups is 1. The second-order valence-corrected chi connectivity index (χ2v) is 5.65. The third kappa shape index (κ3) is 2.22. The Morgan fingerprint density at radius 3 is 2.32 bits per heavy atom. The van der Waals surface area contributed by atoms with Crippen LogP contribution in [-0.4, -0.2) is 21.8 Å². The Bertz CT molecular complexity index is 361. The zero-order valence-corrected chi connectivity index (χ0v) is 12.7. The number of allylic oxidation sites excluding steroid dienone is 1. The first-order valence-corrected chi connectivity index (χ1v) is 7.59. The lowest BCUT2D eigenvalue weighted by atomic mass is 9.54. The van der Waals surface area contributed by atoms with E-state index in [-0.39, 0.29) is 5.92 Å². The predicted octanol–water partition coefficient (Wildman–Crippen LogP) is 3.76. The summed E-state index contributed by atoms with van der Waals surface area (Å²) in [6.45, 7) is 7.86. The molecule has 3 heteroatoms. The molecule has 0 aliphatic heterocycles. The lowest BCUT2D eigenvalue weighted by Gasteiger charge is -2.52. The van der Waals surface area contributed by atoms with Gasteiger partial charge in [0.15, 0.2) is 0 Å². The van der Waals surface area contributed by atoms with Crippen LogP contribution in [0.4, 0.5) is 0 Å². The monoisotopic (exact) mass is 268 g/mol. The molecule has 3 unspecified atom stereocenters. The maximum absolute atomic E-state index is 12.0. The lowest BCUT2D eigenvalue weighted by Crippen LogP contribution is -2.59. The molecule has 1 rings (SSSR count). The van der Waals surface area contributed by atoms with Gasteiger partial charge in [0.2, 0.25) is 0 Å². The van der Waals surface area contributed by atoms with Gasteiger partial charge in [0.25, 0.3) is 0 Å². The number of aliphatic carboxylic acids is 1. The van der Waals surface area contributed by atoms with Crippen LogP contribution >= 0.6 is 0 Å². The molecule has 2 N–H and O–H groups in total. The van der Waals surface area contributed by atoms with Gasteiger partial charge in [-0.2, -0.15) is 0 Å². The lowest BCUT2D eigenvalue weighted by molar-refractivity contribution is -0.178. The Balaban J connectivity index is 3.43. The van der Waals surface area contributed by atoms with E-state index in [0.717, 1.165) is 31.3 Å². The maximum Gasteiger partial charge on any atom is 0.313 e. The molecule has 3 nitrogen and oxygen atoms in total. The quantitative estimate of drug-likeness (QED) is 0.721. The van der Waals surface area contributed by atoms with Crippen molar-refractivity contribution in [1.82, 2.24) is 0 Å². The van der Waals surface area contributed by atoms with Gasteiger partial charge in [-0.05, 0) is 43.6 Å². The number of hydrogen-bond acceptors (Lipinski definition) is 2. The molecule has 0 radical (unpaired) electrons. The standard InChI is InChI=1S/C16H28O3/c1-5-9-13-11-10-12(6-2)16(19,8-4)15(13,7-3)14(17)18/h10,13,19H,5-9,11H2,1-4H3,(H,17,18). The topological polar surface area (TPSA) is 57.5 Å². The molecular formula is C16H28O3. The Hall–Kier alpha value is -0.830. The van der Waals surface area contributed by atoms with Gasteiger partial charge in [-0.3, -0.25) is 4.79 Å². The first-order chi connectivity index (χ1) is 8.94. The highest BCUT2D eigenvalue weighted by Crippen LogP contribution is 2.54. The minimum Gasteiger partial charge on any atom is -0.481 e. The average molecular weight is 268 g/mol. The van der Waals surface area contributed by atoms with Gasteiger partial charge >= 0.3 is 5.97 Å². The Morgan fingerprint density at radius 2 is 1.95 bits per heavy atom. The third-order valence-corrected chi connectivity index (χ3v) is 5.08. The van der Waals surface area contributed by atoms with E-state index in [9.17, 15) is 15.0 Å². The Morgan fingerprint density at radius 1 is 1.32 bits per heavy atom. The van der Waals surface area contributed by atoms with Gasteiger partial charge in [-0.15, -0.1) is 0 Å². The van der Waals surface area contributed by atoms with Crippen molar-refractivity contribution in [2.75, 3.05) is 0 Å². The highest BCUT2D eigenvalue weighted by atomic mass is 16.4. The fourth-order valence-corrected chi connectivity index (χ4v) is 4.05. The fourth-order valence-electron chi connectivity index (χ4n) is 4.05. The molecule has 0 aromatic carbocycles. The zero-order chi connectivity index (χ0) is 14.7. The van der Waals surface area contributed by atoms with Crippen LogP contribution in [0.2, 0.25) is 0 Å². The van der Waals surface area contributed by atoms with Crippen molar-refractivity contribution < 1.29 is 15.0 Å². The van der Waals surface area contributed by atoms with Crippen LogP contribution in [0.1, 0.15) is 66.2 Å². The molecule has 0 heterocycles. The summed E-state index contributed by atoms with van der Waals surface area (Å²) in [6, 6.07) is 0. The second kappa shape index (κ2) is 6.08. The summed E-state index contributed by atoms with van der Waals surface area (Å²) in [5.41, 5.74) is -1.32. The highest BCUT2D eigenvalue weighted by Gasteiger charge is 2.60. The molecule has 0 aromatic rings. The number of hydrogen-bond donors (Lipinski definition) is 2. The van der Waals surface area contributed by atoms with Gasteiger partial charge in [-0.1, -0.05) is 40.2 Å². The van der Waals surface area contributed by atoms with Crippen molar-refractivity contribution in [3.63, 3.8) is 0 Å². The van der Waals surface area contributed by atoms with Crippen molar-refractivity contribution in [3.8, 4) is 0 Å². The summed E-state index contributed by atoms with van der Waals surface area (Å²) in [6.07, 6.45) is 6.34. The van der Waals surface area contributed by atoms with Gasteiger partial charge in [0.1, 0.15) is 11.0 Å². The summed E-state index contributed by atoms with van der Waals surface area (Å²) in [7, 11) is 0. The van der Waals surface area contributed by atoms with Crippen LogP contribution < -0.4 is 0 Å². The molecular weight excluding hydrogens is 240 g/mol. The van der Waals surface area contributed by atoms with Crippen LogP contribution in [-0.2, 0) is 4.79 Å². The molecule has 0 saturated heterocycles. The second-order valence-electron chi connectivity index (χ2n) is 5.65. The van der Waals surface area contributed by atoms with Crippen LogP contribution in [0.15, 0.2) is 11.6 Å². The maximum atomic E-state index is 12.0. The van der Waals surface area contributed by atoms with E-state index >= 15 is 0 Å². The van der Waals surface area contributed by atoms with Crippen LogP contribution in [0.3, 0.4) is 0 Å². The average Bonchev–Trinajstić information content (AvgIpc) is 2.39. The summed E-state index contributed by atoms with van der Waals surface area (Å²) in [5.74, 6) is -0.808. The molecule has 0 saturated carbocycles. The number of carboxylic acids is 1. The Kier molecular flexibility index (Phi) is 5.19. The van der Waals surface area contributed by atoms with E-state index in [0.29, 0.717) is 12.8 Å². The third-order valence-electron chi connectivity index (χ3n) is 5.08. The summed E-state index contributed by atoms with van der Waals surface area (Å²) in [4.78, 5) is 12.0. The van der Waals surface area contributed by atoms with Gasteiger partial charge < -0.3 is 10.2 Å². The van der Waals surface area contributed by atoms with Crippen molar-refractivity contribution >= 4 is 5.97 Å². The molecule has 0 aromatic heterocycles. The van der Waals surface area contributed by atoms with Gasteiger partial charge in [0, 0.05) is 0 Å². The fraction of sp³-hybridized carbons (Fsp3) is 0.812. The molecule has 0 bridgehead atoms. The molecule has 1 aliphatic carbocycles. The van der Waals surface area contributed by atoms with E-state index in [4.69, 9.17) is 0 Å². The van der Waals surface area contributed by atoms with Crippen molar-refractivity contribution in [2.45, 2.75) is 71.8 Å². The molecule has 0 fully saturated rings. The molecule has 1 aliphatic rings. The van der Waals surface area contributed by atoms with Crippen LogP contribution in [0.25, 0.3) is 0 Å². The van der Waals surface area contributed by atoms with Gasteiger partial charge in [-0.25, -0.2) is 0 Å². The zero-order valence-electron chi connectivity index (χ0n) is 12.7. The van der Waals surface area contributed by atoms with E-state index in [1.807, 2.05) is 20.8 Å². The van der Waals surface area contributed by atoms with E-state index in [2.05, 4.69) is 13.0 Å². The van der Waals surface area contributed by atoms with Crippen molar-refractivity contribution in [1.29, 1.82) is 0 Å². The Labute approximate surface area is 116 Å². The highest BCUT2D eigenvalue weighted by molar-refractivity contribution is 5.78. The van der Waals surface area contributed by atoms with Gasteiger partial charge in [0.05, 0.1) is 0 Å². The summed E-state index contributed by atoms with van der Waals surface area (Å²) in [5, 5.41) is 21.0. The first-order valence-electron chi connectivity index (χ1n) is 7.59. The normalized spacial score (nSPS) is 35.0. The summed E-state index contributed by atoms with van der Waals surface area (Å²) >= 11 is 0. The summed E-state index contributed by atoms with van der Waals surface area (Å²) < 4.78 is 0. The van der Waals surface area contributed by atoms with Crippen LogP contribution in [0.5, 0.6) is 0 Å². The smallest absolute Gasteiger partial charge is 0.313 e. The number of rotatable bonds is 6. The number of carboxylic acid groups (broad SMARTS) is 1. The molecule has 0 spiro atoms.